The van der Waals surface area contributed by atoms with E-state index in [9.17, 15) is 4.79 Å². The van der Waals surface area contributed by atoms with Crippen molar-refractivity contribution in [2.75, 3.05) is 0 Å². The zero-order chi connectivity index (χ0) is 18.9. The Morgan fingerprint density at radius 3 is 2.54 bits per heavy atom. The summed E-state index contributed by atoms with van der Waals surface area (Å²) in [6, 6.07) is 14.0. The molecule has 0 spiro atoms. The molecular formula is C21H24N2O2S. The number of amides is 1. The maximum absolute atomic E-state index is 12.5. The summed E-state index contributed by atoms with van der Waals surface area (Å²) >= 11 is 5.00. The van der Waals surface area contributed by atoms with Crippen LogP contribution in [0.3, 0.4) is 0 Å². The molecule has 0 saturated heterocycles. The highest BCUT2D eigenvalue weighted by molar-refractivity contribution is 7.71. The molecule has 5 heteroatoms. The number of hydrogen-bond acceptors (Lipinski definition) is 3. The molecule has 0 aliphatic rings. The summed E-state index contributed by atoms with van der Waals surface area (Å²) in [6.45, 7) is 8.98. The van der Waals surface area contributed by atoms with Crippen molar-refractivity contribution >= 4 is 29.2 Å². The lowest BCUT2D eigenvalue weighted by Crippen LogP contribution is -2.27. The Morgan fingerprint density at radius 2 is 1.88 bits per heavy atom. The fraction of sp³-hybridized carbons (Fsp3) is 0.333. The van der Waals surface area contributed by atoms with Crippen molar-refractivity contribution in [3.05, 3.63) is 64.0 Å². The quantitative estimate of drug-likeness (QED) is 0.622. The van der Waals surface area contributed by atoms with Gasteiger partial charge in [0.15, 0.2) is 5.58 Å². The molecule has 3 aromatic rings. The van der Waals surface area contributed by atoms with Gasteiger partial charge in [-0.05, 0) is 53.4 Å². The Kier molecular flexibility index (Phi) is 5.01. The molecule has 136 valence electrons. The minimum atomic E-state index is -0.259. The normalized spacial score (nSPS) is 12.9. The highest BCUT2D eigenvalue weighted by atomic mass is 32.1. The molecule has 3 rings (SSSR count). The number of rotatable bonds is 4. The van der Waals surface area contributed by atoms with Crippen LogP contribution in [-0.2, 0) is 16.8 Å². The maximum atomic E-state index is 12.5. The van der Waals surface area contributed by atoms with Crippen LogP contribution in [0.4, 0.5) is 0 Å². The number of aromatic amines is 1. The lowest BCUT2D eigenvalue weighted by molar-refractivity contribution is -0.122. The van der Waals surface area contributed by atoms with Crippen molar-refractivity contribution in [2.45, 2.75) is 45.6 Å². The maximum Gasteiger partial charge on any atom is 0.266 e. The second-order valence-electron chi connectivity index (χ2n) is 7.66. The van der Waals surface area contributed by atoms with Crippen molar-refractivity contribution in [3.63, 3.8) is 0 Å². The number of oxazole rings is 1. The van der Waals surface area contributed by atoms with E-state index < -0.39 is 0 Å². The van der Waals surface area contributed by atoms with Crippen LogP contribution < -0.4 is 5.32 Å². The van der Waals surface area contributed by atoms with Gasteiger partial charge < -0.3 is 14.7 Å². The van der Waals surface area contributed by atoms with Crippen LogP contribution in [0.5, 0.6) is 0 Å². The molecule has 0 fully saturated rings. The highest BCUT2D eigenvalue weighted by Crippen LogP contribution is 2.23. The number of nitrogens with one attached hydrogen (secondary N) is 2. The third-order valence-electron chi connectivity index (χ3n) is 4.62. The van der Waals surface area contributed by atoms with Crippen LogP contribution in [0, 0.1) is 4.84 Å². The molecule has 1 aromatic heterocycles. The summed E-state index contributed by atoms with van der Waals surface area (Å²) in [4.78, 5) is 15.8. The average molecular weight is 369 g/mol. The second kappa shape index (κ2) is 7.08. The highest BCUT2D eigenvalue weighted by Gasteiger charge is 2.17. The zero-order valence-corrected chi connectivity index (χ0v) is 16.4. The fourth-order valence-electron chi connectivity index (χ4n) is 2.86. The van der Waals surface area contributed by atoms with Crippen LogP contribution in [0.2, 0.25) is 0 Å². The molecule has 1 heterocycles. The standard InChI is InChI=1S/C21H24N2O2S/c1-13(15-7-10-18-17(11-15)23-20(26)25-18)19(24)22-12-14-5-8-16(9-6-14)21(2,3)4/h5-11,13H,12H2,1-4H3,(H,22,24)(H,23,26). The summed E-state index contributed by atoms with van der Waals surface area (Å²) in [5.41, 5.74) is 4.93. The molecule has 0 aliphatic carbocycles. The van der Waals surface area contributed by atoms with Crippen molar-refractivity contribution in [1.82, 2.24) is 10.3 Å². The summed E-state index contributed by atoms with van der Waals surface area (Å²) < 4.78 is 5.36. The van der Waals surface area contributed by atoms with Crippen LogP contribution in [0.25, 0.3) is 11.1 Å². The number of benzene rings is 2. The predicted octanol–water partition coefficient (Wildman–Crippen LogP) is 5.21. The first-order valence-electron chi connectivity index (χ1n) is 8.74. The van der Waals surface area contributed by atoms with Crippen molar-refractivity contribution in [1.29, 1.82) is 0 Å². The lowest BCUT2D eigenvalue weighted by atomic mass is 9.87. The molecule has 1 atom stereocenters. The van der Waals surface area contributed by atoms with Gasteiger partial charge in [-0.1, -0.05) is 51.1 Å². The number of carbonyl (C=O) groups is 1. The Bertz CT molecular complexity index is 978. The summed E-state index contributed by atoms with van der Waals surface area (Å²) in [6.07, 6.45) is 0. The van der Waals surface area contributed by atoms with Gasteiger partial charge in [-0.25, -0.2) is 0 Å². The number of fused-ring (bicyclic) bond motifs is 1. The van der Waals surface area contributed by atoms with Crippen molar-refractivity contribution in [3.8, 4) is 0 Å². The van der Waals surface area contributed by atoms with Crippen molar-refractivity contribution in [2.24, 2.45) is 0 Å². The van der Waals surface area contributed by atoms with Gasteiger partial charge in [0.25, 0.3) is 4.84 Å². The zero-order valence-electron chi connectivity index (χ0n) is 15.6. The molecule has 1 amide bonds. The van der Waals surface area contributed by atoms with E-state index in [-0.39, 0.29) is 17.2 Å². The molecule has 0 saturated carbocycles. The summed E-state index contributed by atoms with van der Waals surface area (Å²) in [5.74, 6) is -0.267. The van der Waals surface area contributed by atoms with Crippen LogP contribution >= 0.6 is 12.2 Å². The first-order valence-corrected chi connectivity index (χ1v) is 9.15. The van der Waals surface area contributed by atoms with E-state index in [0.717, 1.165) is 16.6 Å². The monoisotopic (exact) mass is 368 g/mol. The van der Waals surface area contributed by atoms with Gasteiger partial charge in [0.05, 0.1) is 11.4 Å². The van der Waals surface area contributed by atoms with E-state index in [4.69, 9.17) is 16.6 Å². The van der Waals surface area contributed by atoms with Gasteiger partial charge in [-0.15, -0.1) is 0 Å². The van der Waals surface area contributed by atoms with E-state index in [1.807, 2.05) is 25.1 Å². The number of carbonyl (C=O) groups excluding carboxylic acids is 1. The van der Waals surface area contributed by atoms with Gasteiger partial charge in [-0.3, -0.25) is 4.79 Å². The molecule has 4 nitrogen and oxygen atoms in total. The smallest absolute Gasteiger partial charge is 0.266 e. The molecule has 1 unspecified atom stereocenters. The Hall–Kier alpha value is -2.40. The molecular weight excluding hydrogens is 344 g/mol. The first kappa shape index (κ1) is 18.4. The Balaban J connectivity index is 1.65. The number of hydrogen-bond donors (Lipinski definition) is 2. The Labute approximate surface area is 158 Å². The van der Waals surface area contributed by atoms with E-state index in [2.05, 4.69) is 55.3 Å². The molecule has 0 bridgehead atoms. The average Bonchev–Trinajstić information content (AvgIpc) is 2.97. The molecule has 2 aromatic carbocycles. The van der Waals surface area contributed by atoms with Gasteiger partial charge in [0, 0.05) is 6.54 Å². The van der Waals surface area contributed by atoms with Gasteiger partial charge in [-0.2, -0.15) is 0 Å². The number of aromatic nitrogens is 1. The molecule has 2 N–H and O–H groups in total. The SMILES string of the molecule is CC(C(=O)NCc1ccc(C(C)(C)C)cc1)c1ccc2oc(=S)[nH]c2c1. The number of H-pyrrole nitrogens is 1. The summed E-state index contributed by atoms with van der Waals surface area (Å²) in [5, 5.41) is 3.02. The first-order chi connectivity index (χ1) is 12.2. The van der Waals surface area contributed by atoms with E-state index >= 15 is 0 Å². The fourth-order valence-corrected chi connectivity index (χ4v) is 3.05. The Morgan fingerprint density at radius 1 is 1.19 bits per heavy atom. The van der Waals surface area contributed by atoms with Crippen LogP contribution in [-0.4, -0.2) is 10.9 Å². The van der Waals surface area contributed by atoms with Crippen LogP contribution in [0.1, 0.15) is 50.3 Å². The molecule has 0 radical (unpaired) electrons. The van der Waals surface area contributed by atoms with Gasteiger partial charge >= 0.3 is 0 Å². The van der Waals surface area contributed by atoms with Crippen molar-refractivity contribution < 1.29 is 9.21 Å². The van der Waals surface area contributed by atoms with Gasteiger partial charge in [0.2, 0.25) is 5.91 Å². The minimum Gasteiger partial charge on any atom is -0.429 e. The lowest BCUT2D eigenvalue weighted by Gasteiger charge is -2.19. The predicted molar refractivity (Wildman–Crippen MR) is 107 cm³/mol. The molecule has 0 aliphatic heterocycles. The third kappa shape index (κ3) is 4.05. The molecule has 26 heavy (non-hydrogen) atoms. The largest absolute Gasteiger partial charge is 0.429 e. The minimum absolute atomic E-state index is 0.00802. The van der Waals surface area contributed by atoms with E-state index in [1.54, 1.807) is 0 Å². The van der Waals surface area contributed by atoms with Gasteiger partial charge in [0.1, 0.15) is 0 Å². The van der Waals surface area contributed by atoms with Crippen LogP contribution in [0.15, 0.2) is 46.9 Å². The topological polar surface area (TPSA) is 58.0 Å². The van der Waals surface area contributed by atoms with E-state index in [0.29, 0.717) is 17.0 Å². The third-order valence-corrected chi connectivity index (χ3v) is 4.81. The second-order valence-corrected chi connectivity index (χ2v) is 8.03. The summed E-state index contributed by atoms with van der Waals surface area (Å²) in [7, 11) is 0. The van der Waals surface area contributed by atoms with E-state index in [1.165, 1.54) is 5.56 Å².